The van der Waals surface area contributed by atoms with Crippen molar-refractivity contribution in [1.29, 1.82) is 0 Å². The van der Waals surface area contributed by atoms with E-state index in [2.05, 4.69) is 27.0 Å². The number of carbonyl (C=O) groups is 1. The number of rotatable bonds is 5. The first kappa shape index (κ1) is 18.3. The molecule has 0 spiro atoms. The van der Waals surface area contributed by atoms with Gasteiger partial charge >= 0.3 is 0 Å². The van der Waals surface area contributed by atoms with Crippen LogP contribution in [0.15, 0.2) is 18.3 Å². The Morgan fingerprint density at radius 3 is 2.78 bits per heavy atom. The number of aromatic nitrogens is 3. The van der Waals surface area contributed by atoms with Crippen molar-refractivity contribution in [3.05, 3.63) is 29.7 Å². The van der Waals surface area contributed by atoms with Gasteiger partial charge in [-0.1, -0.05) is 0 Å². The van der Waals surface area contributed by atoms with E-state index in [0.717, 1.165) is 70.3 Å². The smallest absolute Gasteiger partial charge is 0.255 e. The Kier molecular flexibility index (Phi) is 5.38. The third kappa shape index (κ3) is 3.83. The number of methoxy groups -OCH3 is 1. The zero-order valence-corrected chi connectivity index (χ0v) is 16.2. The third-order valence-corrected chi connectivity index (χ3v) is 5.72. The minimum Gasteiger partial charge on any atom is -0.383 e. The van der Waals surface area contributed by atoms with Crippen molar-refractivity contribution in [1.82, 2.24) is 29.3 Å². The van der Waals surface area contributed by atoms with E-state index in [9.17, 15) is 4.79 Å². The van der Waals surface area contributed by atoms with Gasteiger partial charge in [0.2, 0.25) is 0 Å². The van der Waals surface area contributed by atoms with Gasteiger partial charge in [0.25, 0.3) is 5.91 Å². The molecule has 0 N–H and O–H groups in total. The lowest BCUT2D eigenvalue weighted by Crippen LogP contribution is -2.47. The quantitative estimate of drug-likeness (QED) is 0.764. The molecule has 27 heavy (non-hydrogen) atoms. The van der Waals surface area contributed by atoms with Crippen LogP contribution < -0.4 is 0 Å². The van der Waals surface area contributed by atoms with Crippen LogP contribution in [-0.4, -0.2) is 102 Å². The second-order valence-corrected chi connectivity index (χ2v) is 7.58. The standard InChI is InChI=1S/C19H28N6O2/c1-22-7-9-24(10-8-22)19(26)16-3-4-17-20-21-18(25(17)14-16)15-5-6-23(13-15)11-12-27-2/h3-4,14-15H,5-13H2,1-2H3. The Morgan fingerprint density at radius 1 is 1.19 bits per heavy atom. The predicted molar refractivity (Wildman–Crippen MR) is 102 cm³/mol. The average Bonchev–Trinajstić information content (AvgIpc) is 3.32. The average molecular weight is 372 g/mol. The molecule has 2 aliphatic rings. The molecular formula is C19H28N6O2. The molecule has 0 aromatic carbocycles. The Morgan fingerprint density at radius 2 is 2.00 bits per heavy atom. The molecule has 2 aromatic heterocycles. The van der Waals surface area contributed by atoms with Gasteiger partial charge in [0.15, 0.2) is 5.65 Å². The summed E-state index contributed by atoms with van der Waals surface area (Å²) in [4.78, 5) is 19.5. The maximum Gasteiger partial charge on any atom is 0.255 e. The minimum absolute atomic E-state index is 0.0952. The number of fused-ring (bicyclic) bond motifs is 1. The van der Waals surface area contributed by atoms with Crippen molar-refractivity contribution in [3.8, 4) is 0 Å². The Bertz CT molecular complexity index is 799. The molecule has 2 saturated heterocycles. The Balaban J connectivity index is 1.52. The van der Waals surface area contributed by atoms with Crippen LogP contribution in [-0.2, 0) is 4.74 Å². The van der Waals surface area contributed by atoms with E-state index in [0.29, 0.717) is 11.5 Å². The van der Waals surface area contributed by atoms with Gasteiger partial charge < -0.3 is 19.4 Å². The highest BCUT2D eigenvalue weighted by atomic mass is 16.5. The van der Waals surface area contributed by atoms with E-state index in [1.807, 2.05) is 27.6 Å². The molecule has 0 radical (unpaired) electrons. The van der Waals surface area contributed by atoms with Gasteiger partial charge in [-0.3, -0.25) is 9.20 Å². The zero-order chi connectivity index (χ0) is 18.8. The van der Waals surface area contributed by atoms with Gasteiger partial charge in [-0.05, 0) is 32.1 Å². The fourth-order valence-electron chi connectivity index (χ4n) is 3.97. The molecule has 8 nitrogen and oxygen atoms in total. The maximum absolute atomic E-state index is 12.9. The highest BCUT2D eigenvalue weighted by Crippen LogP contribution is 2.26. The summed E-state index contributed by atoms with van der Waals surface area (Å²) >= 11 is 0. The predicted octanol–water partition coefficient (Wildman–Crippen LogP) is 0.553. The molecular weight excluding hydrogens is 344 g/mol. The highest BCUT2D eigenvalue weighted by Gasteiger charge is 2.28. The number of nitrogens with zero attached hydrogens (tertiary/aromatic N) is 6. The first-order valence-corrected chi connectivity index (χ1v) is 9.69. The Labute approximate surface area is 159 Å². The summed E-state index contributed by atoms with van der Waals surface area (Å²) in [6, 6.07) is 3.77. The normalized spacial score (nSPS) is 22.0. The summed E-state index contributed by atoms with van der Waals surface area (Å²) in [5.41, 5.74) is 1.51. The number of likely N-dealkylation sites (tertiary alicyclic amines) is 1. The van der Waals surface area contributed by atoms with Crippen molar-refractivity contribution in [2.75, 3.05) is 66.6 Å². The van der Waals surface area contributed by atoms with Crippen molar-refractivity contribution in [2.24, 2.45) is 0 Å². The van der Waals surface area contributed by atoms with Crippen LogP contribution in [0.5, 0.6) is 0 Å². The van der Waals surface area contributed by atoms with Gasteiger partial charge in [0.05, 0.1) is 12.2 Å². The lowest BCUT2D eigenvalue weighted by molar-refractivity contribution is 0.0663. The van der Waals surface area contributed by atoms with E-state index in [-0.39, 0.29) is 5.91 Å². The van der Waals surface area contributed by atoms with Crippen LogP contribution in [0.1, 0.15) is 28.5 Å². The largest absolute Gasteiger partial charge is 0.383 e. The summed E-state index contributed by atoms with van der Waals surface area (Å²) in [5.74, 6) is 1.39. The number of hydrogen-bond acceptors (Lipinski definition) is 6. The van der Waals surface area contributed by atoms with Gasteiger partial charge in [0.1, 0.15) is 5.82 Å². The number of likely N-dealkylation sites (N-methyl/N-ethyl adjacent to an activating group) is 1. The van der Waals surface area contributed by atoms with Gasteiger partial charge in [-0.15, -0.1) is 10.2 Å². The molecule has 1 amide bonds. The zero-order valence-electron chi connectivity index (χ0n) is 16.2. The number of piperazine rings is 1. The van der Waals surface area contributed by atoms with Crippen molar-refractivity contribution in [3.63, 3.8) is 0 Å². The number of hydrogen-bond donors (Lipinski definition) is 0. The van der Waals surface area contributed by atoms with E-state index >= 15 is 0 Å². The van der Waals surface area contributed by atoms with Gasteiger partial charge in [-0.25, -0.2) is 0 Å². The first-order valence-electron chi connectivity index (χ1n) is 9.69. The SMILES string of the molecule is COCCN1CCC(c2nnc3ccc(C(=O)N4CCN(C)CC4)cn23)C1. The topological polar surface area (TPSA) is 66.2 Å². The molecule has 1 unspecified atom stereocenters. The molecule has 0 aliphatic carbocycles. The summed E-state index contributed by atoms with van der Waals surface area (Å²) in [6.45, 7) is 7.09. The van der Waals surface area contributed by atoms with Gasteiger partial charge in [0, 0.05) is 58.5 Å². The summed E-state index contributed by atoms with van der Waals surface area (Å²) in [7, 11) is 3.83. The monoisotopic (exact) mass is 372 g/mol. The molecule has 146 valence electrons. The first-order chi connectivity index (χ1) is 13.2. The second kappa shape index (κ2) is 7.92. The fourth-order valence-corrected chi connectivity index (χ4v) is 3.97. The van der Waals surface area contributed by atoms with Crippen LogP contribution in [0.25, 0.3) is 5.65 Å². The van der Waals surface area contributed by atoms with Crippen molar-refractivity contribution >= 4 is 11.6 Å². The number of ether oxygens (including phenoxy) is 1. The molecule has 4 heterocycles. The van der Waals surface area contributed by atoms with Crippen LogP contribution >= 0.6 is 0 Å². The summed E-state index contributed by atoms with van der Waals surface area (Å²) in [5, 5.41) is 8.75. The third-order valence-electron chi connectivity index (χ3n) is 5.72. The second-order valence-electron chi connectivity index (χ2n) is 7.58. The summed E-state index contributed by atoms with van der Waals surface area (Å²) in [6.07, 6.45) is 2.98. The van der Waals surface area contributed by atoms with Crippen LogP contribution in [0.3, 0.4) is 0 Å². The molecule has 0 bridgehead atoms. The molecule has 2 fully saturated rings. The lowest BCUT2D eigenvalue weighted by atomic mass is 10.1. The fraction of sp³-hybridized carbons (Fsp3) is 0.632. The number of amides is 1. The van der Waals surface area contributed by atoms with Crippen molar-refractivity contribution < 1.29 is 9.53 Å². The van der Waals surface area contributed by atoms with E-state index in [1.54, 1.807) is 7.11 Å². The molecule has 0 saturated carbocycles. The van der Waals surface area contributed by atoms with Crippen LogP contribution in [0, 0.1) is 0 Å². The molecule has 8 heteroatoms. The van der Waals surface area contributed by atoms with Crippen molar-refractivity contribution in [2.45, 2.75) is 12.3 Å². The van der Waals surface area contributed by atoms with E-state index in [4.69, 9.17) is 4.74 Å². The van der Waals surface area contributed by atoms with E-state index < -0.39 is 0 Å². The maximum atomic E-state index is 12.9. The Hall–Kier alpha value is -2.03. The molecule has 4 rings (SSSR count). The molecule has 1 atom stereocenters. The lowest BCUT2D eigenvalue weighted by Gasteiger charge is -2.32. The minimum atomic E-state index is 0.0952. The van der Waals surface area contributed by atoms with Crippen LogP contribution in [0.4, 0.5) is 0 Å². The summed E-state index contributed by atoms with van der Waals surface area (Å²) < 4.78 is 7.19. The van der Waals surface area contributed by atoms with Gasteiger partial charge in [-0.2, -0.15) is 0 Å². The molecule has 2 aromatic rings. The van der Waals surface area contributed by atoms with E-state index in [1.165, 1.54) is 0 Å². The highest BCUT2D eigenvalue weighted by molar-refractivity contribution is 5.94. The number of pyridine rings is 1. The van der Waals surface area contributed by atoms with Crippen LogP contribution in [0.2, 0.25) is 0 Å². The number of carbonyl (C=O) groups excluding carboxylic acids is 1. The molecule has 2 aliphatic heterocycles.